The molecule has 126 valence electrons. The first-order valence-corrected chi connectivity index (χ1v) is 7.57. The molecule has 0 saturated carbocycles. The van der Waals surface area contributed by atoms with Gasteiger partial charge in [-0.2, -0.15) is 0 Å². The van der Waals surface area contributed by atoms with Gasteiger partial charge in [-0.25, -0.2) is 14.6 Å². The predicted molar refractivity (Wildman–Crippen MR) is 90.6 cm³/mol. The second-order valence-corrected chi connectivity index (χ2v) is 4.67. The monoisotopic (exact) mass is 329 g/mol. The summed E-state index contributed by atoms with van der Waals surface area (Å²) >= 11 is 0. The highest BCUT2D eigenvalue weighted by Gasteiger charge is 2.12. The Kier molecular flexibility index (Phi) is 6.13. The van der Waals surface area contributed by atoms with Crippen LogP contribution in [0.25, 0.3) is 0 Å². The molecule has 1 amide bonds. The van der Waals surface area contributed by atoms with Gasteiger partial charge in [0.25, 0.3) is 0 Å². The number of amides is 1. The fourth-order valence-electron chi connectivity index (χ4n) is 1.94. The Balaban J connectivity index is 2.09. The number of carbonyl (C=O) groups excluding carboxylic acids is 2. The molecular formula is C17H19N3O4. The van der Waals surface area contributed by atoms with Crippen LogP contribution in [0.4, 0.5) is 22.0 Å². The number of esters is 1. The zero-order valence-electron chi connectivity index (χ0n) is 13.5. The first kappa shape index (κ1) is 17.3. The fraction of sp³-hybridized carbons (Fsp3) is 0.235. The zero-order chi connectivity index (χ0) is 17.4. The summed E-state index contributed by atoms with van der Waals surface area (Å²) in [4.78, 5) is 27.5. The van der Waals surface area contributed by atoms with E-state index in [1.54, 1.807) is 44.2 Å². The van der Waals surface area contributed by atoms with E-state index in [-0.39, 0.29) is 0 Å². The molecule has 0 saturated heterocycles. The van der Waals surface area contributed by atoms with Crippen LogP contribution in [0.1, 0.15) is 24.2 Å². The largest absolute Gasteiger partial charge is 0.462 e. The van der Waals surface area contributed by atoms with Crippen molar-refractivity contribution in [1.29, 1.82) is 0 Å². The Hall–Kier alpha value is -3.09. The van der Waals surface area contributed by atoms with Crippen molar-refractivity contribution in [2.75, 3.05) is 23.8 Å². The standard InChI is InChI=1S/C17H19N3O4/c1-3-23-16(21)13-7-5-6-8-14(13)20-15-10-9-12(11-18-15)19-17(22)24-4-2/h5-11H,3-4H2,1-2H3,(H,18,20)(H,19,22). The highest BCUT2D eigenvalue weighted by atomic mass is 16.5. The van der Waals surface area contributed by atoms with Crippen LogP contribution in [0.15, 0.2) is 42.6 Å². The Labute approximate surface area is 140 Å². The number of rotatable bonds is 6. The van der Waals surface area contributed by atoms with E-state index in [1.165, 1.54) is 6.20 Å². The quantitative estimate of drug-likeness (QED) is 0.788. The van der Waals surface area contributed by atoms with Crippen LogP contribution in [0, 0.1) is 0 Å². The number of nitrogens with zero attached hydrogens (tertiary/aromatic N) is 1. The molecule has 0 aliphatic heterocycles. The molecule has 0 bridgehead atoms. The minimum atomic E-state index is -0.535. The Morgan fingerprint density at radius 2 is 1.79 bits per heavy atom. The van der Waals surface area contributed by atoms with Gasteiger partial charge in [0, 0.05) is 0 Å². The summed E-state index contributed by atoms with van der Waals surface area (Å²) < 4.78 is 9.82. The summed E-state index contributed by atoms with van der Waals surface area (Å²) in [7, 11) is 0. The second-order valence-electron chi connectivity index (χ2n) is 4.67. The summed E-state index contributed by atoms with van der Waals surface area (Å²) in [5.74, 6) is 0.127. The summed E-state index contributed by atoms with van der Waals surface area (Å²) in [5, 5.41) is 5.62. The van der Waals surface area contributed by atoms with E-state index in [4.69, 9.17) is 9.47 Å². The molecule has 0 spiro atoms. The zero-order valence-corrected chi connectivity index (χ0v) is 13.5. The van der Waals surface area contributed by atoms with Crippen molar-refractivity contribution in [1.82, 2.24) is 4.98 Å². The highest BCUT2D eigenvalue weighted by molar-refractivity contribution is 5.96. The lowest BCUT2D eigenvalue weighted by Crippen LogP contribution is -2.13. The number of anilines is 3. The number of pyridine rings is 1. The smallest absolute Gasteiger partial charge is 0.411 e. The lowest BCUT2D eigenvalue weighted by atomic mass is 10.2. The van der Waals surface area contributed by atoms with Gasteiger partial charge >= 0.3 is 12.1 Å². The van der Waals surface area contributed by atoms with E-state index in [9.17, 15) is 9.59 Å². The van der Waals surface area contributed by atoms with E-state index < -0.39 is 12.1 Å². The van der Waals surface area contributed by atoms with Gasteiger partial charge in [0.2, 0.25) is 0 Å². The van der Waals surface area contributed by atoms with Crippen LogP contribution in [0.3, 0.4) is 0 Å². The lowest BCUT2D eigenvalue weighted by molar-refractivity contribution is 0.0527. The van der Waals surface area contributed by atoms with Gasteiger partial charge in [0.1, 0.15) is 5.82 Å². The summed E-state index contributed by atoms with van der Waals surface area (Å²) in [6, 6.07) is 10.4. The summed E-state index contributed by atoms with van der Waals surface area (Å²) in [5.41, 5.74) is 1.53. The van der Waals surface area contributed by atoms with Crippen LogP contribution in [0.2, 0.25) is 0 Å². The number of hydrogen-bond acceptors (Lipinski definition) is 6. The van der Waals surface area contributed by atoms with Crippen LogP contribution in [0.5, 0.6) is 0 Å². The van der Waals surface area contributed by atoms with Gasteiger partial charge in [0.15, 0.2) is 0 Å². The number of para-hydroxylation sites is 1. The maximum atomic E-state index is 11.9. The summed E-state index contributed by atoms with van der Waals surface area (Å²) in [6.07, 6.45) is 0.958. The Morgan fingerprint density at radius 1 is 1.04 bits per heavy atom. The van der Waals surface area contributed by atoms with Crippen molar-refractivity contribution in [3.05, 3.63) is 48.2 Å². The number of carbonyl (C=O) groups is 2. The second kappa shape index (κ2) is 8.52. The fourth-order valence-corrected chi connectivity index (χ4v) is 1.94. The molecule has 2 N–H and O–H groups in total. The highest BCUT2D eigenvalue weighted by Crippen LogP contribution is 2.21. The average molecular weight is 329 g/mol. The molecule has 0 fully saturated rings. The third-order valence-electron chi connectivity index (χ3n) is 2.97. The van der Waals surface area contributed by atoms with Gasteiger partial charge < -0.3 is 14.8 Å². The van der Waals surface area contributed by atoms with E-state index in [2.05, 4.69) is 15.6 Å². The third kappa shape index (κ3) is 4.70. The van der Waals surface area contributed by atoms with Crippen LogP contribution in [-0.4, -0.2) is 30.3 Å². The molecule has 1 aromatic carbocycles. The van der Waals surface area contributed by atoms with Gasteiger partial charge in [-0.15, -0.1) is 0 Å². The minimum Gasteiger partial charge on any atom is -0.462 e. The molecule has 24 heavy (non-hydrogen) atoms. The SMILES string of the molecule is CCOC(=O)Nc1ccc(Nc2ccccc2C(=O)OCC)nc1. The summed E-state index contributed by atoms with van der Waals surface area (Å²) in [6.45, 7) is 4.08. The predicted octanol–water partition coefficient (Wildman–Crippen LogP) is 3.57. The molecule has 2 rings (SSSR count). The van der Waals surface area contributed by atoms with Crippen LogP contribution in [-0.2, 0) is 9.47 Å². The minimum absolute atomic E-state index is 0.295. The van der Waals surface area contributed by atoms with Crippen molar-refractivity contribution in [2.45, 2.75) is 13.8 Å². The van der Waals surface area contributed by atoms with Crippen molar-refractivity contribution in [3.8, 4) is 0 Å². The van der Waals surface area contributed by atoms with Crippen LogP contribution >= 0.6 is 0 Å². The Bertz CT molecular complexity index is 701. The molecule has 0 atom stereocenters. The number of nitrogens with one attached hydrogen (secondary N) is 2. The molecule has 7 nitrogen and oxygen atoms in total. The molecule has 0 aliphatic carbocycles. The van der Waals surface area contributed by atoms with E-state index in [1.807, 2.05) is 6.07 Å². The Morgan fingerprint density at radius 3 is 2.46 bits per heavy atom. The van der Waals surface area contributed by atoms with E-state index >= 15 is 0 Å². The molecular weight excluding hydrogens is 310 g/mol. The van der Waals surface area contributed by atoms with E-state index in [0.29, 0.717) is 36.0 Å². The van der Waals surface area contributed by atoms with Crippen molar-refractivity contribution >= 4 is 29.3 Å². The molecule has 7 heteroatoms. The lowest BCUT2D eigenvalue weighted by Gasteiger charge is -2.11. The van der Waals surface area contributed by atoms with Gasteiger partial charge in [-0.1, -0.05) is 12.1 Å². The van der Waals surface area contributed by atoms with Gasteiger partial charge in [-0.3, -0.25) is 5.32 Å². The maximum absolute atomic E-state index is 11.9. The molecule has 2 aromatic rings. The maximum Gasteiger partial charge on any atom is 0.411 e. The number of hydrogen-bond donors (Lipinski definition) is 2. The molecule has 0 unspecified atom stereocenters. The topological polar surface area (TPSA) is 89.6 Å². The van der Waals surface area contributed by atoms with Gasteiger partial charge in [-0.05, 0) is 38.1 Å². The van der Waals surface area contributed by atoms with Crippen molar-refractivity contribution in [2.24, 2.45) is 0 Å². The molecule has 0 radical (unpaired) electrons. The number of ether oxygens (including phenoxy) is 2. The third-order valence-corrected chi connectivity index (χ3v) is 2.97. The normalized spacial score (nSPS) is 9.92. The molecule has 1 heterocycles. The van der Waals surface area contributed by atoms with Crippen molar-refractivity contribution < 1.29 is 19.1 Å². The van der Waals surface area contributed by atoms with E-state index in [0.717, 1.165) is 0 Å². The first-order valence-electron chi connectivity index (χ1n) is 7.57. The van der Waals surface area contributed by atoms with Gasteiger partial charge in [0.05, 0.1) is 36.3 Å². The molecule has 0 aliphatic rings. The molecule has 1 aromatic heterocycles. The van der Waals surface area contributed by atoms with Crippen LogP contribution < -0.4 is 10.6 Å². The number of benzene rings is 1. The van der Waals surface area contributed by atoms with Crippen molar-refractivity contribution in [3.63, 3.8) is 0 Å². The average Bonchev–Trinajstić information content (AvgIpc) is 2.57. The first-order chi connectivity index (χ1) is 11.6. The number of aromatic nitrogens is 1.